The third-order valence-corrected chi connectivity index (χ3v) is 3.18. The van der Waals surface area contributed by atoms with Crippen molar-refractivity contribution in [3.63, 3.8) is 0 Å². The largest absolute Gasteiger partial charge is 0.478 e. The van der Waals surface area contributed by atoms with Crippen LogP contribution < -0.4 is 0 Å². The van der Waals surface area contributed by atoms with E-state index in [1.54, 1.807) is 31.2 Å². The molecular weight excluding hydrogens is 256 g/mol. The lowest BCUT2D eigenvalue weighted by Crippen LogP contribution is -2.03. The minimum Gasteiger partial charge on any atom is -0.478 e. The van der Waals surface area contributed by atoms with Crippen molar-refractivity contribution in [2.24, 2.45) is 0 Å². The van der Waals surface area contributed by atoms with Gasteiger partial charge in [-0.1, -0.05) is 29.8 Å². The summed E-state index contributed by atoms with van der Waals surface area (Å²) in [6.07, 6.45) is 0. The molecule has 2 aromatic rings. The lowest BCUT2D eigenvalue weighted by atomic mass is 9.95. The molecule has 2 rings (SSSR count). The average Bonchev–Trinajstić information content (AvgIpc) is 2.39. The lowest BCUT2D eigenvalue weighted by Gasteiger charge is -2.09. The summed E-state index contributed by atoms with van der Waals surface area (Å²) in [5.74, 6) is -2.05. The molecular formula is C16H14O4. The highest BCUT2D eigenvalue weighted by Crippen LogP contribution is 2.27. The fourth-order valence-electron chi connectivity index (χ4n) is 2.11. The number of aryl methyl sites for hydroxylation is 2. The Hall–Kier alpha value is -2.62. The van der Waals surface area contributed by atoms with Crippen molar-refractivity contribution < 1.29 is 19.8 Å². The van der Waals surface area contributed by atoms with Crippen LogP contribution in [0.15, 0.2) is 36.4 Å². The lowest BCUT2D eigenvalue weighted by molar-refractivity contribution is 0.0686. The topological polar surface area (TPSA) is 74.6 Å². The molecule has 0 aliphatic carbocycles. The summed E-state index contributed by atoms with van der Waals surface area (Å²) in [5.41, 5.74) is 2.95. The molecule has 0 unspecified atom stereocenters. The zero-order valence-electron chi connectivity index (χ0n) is 11.2. The Morgan fingerprint density at radius 1 is 0.850 bits per heavy atom. The van der Waals surface area contributed by atoms with Gasteiger partial charge in [-0.05, 0) is 42.7 Å². The fraction of sp³-hybridized carbons (Fsp3) is 0.125. The van der Waals surface area contributed by atoms with Crippen LogP contribution in [-0.4, -0.2) is 22.2 Å². The van der Waals surface area contributed by atoms with Crippen LogP contribution in [0, 0.1) is 13.8 Å². The number of hydrogen-bond donors (Lipinski definition) is 2. The predicted octanol–water partition coefficient (Wildman–Crippen LogP) is 3.37. The molecule has 0 aliphatic rings. The van der Waals surface area contributed by atoms with Gasteiger partial charge in [-0.2, -0.15) is 0 Å². The van der Waals surface area contributed by atoms with Crippen molar-refractivity contribution in [1.29, 1.82) is 0 Å². The third-order valence-electron chi connectivity index (χ3n) is 3.18. The first-order valence-electron chi connectivity index (χ1n) is 6.08. The van der Waals surface area contributed by atoms with Crippen LogP contribution >= 0.6 is 0 Å². The van der Waals surface area contributed by atoms with Crippen LogP contribution in [0.4, 0.5) is 0 Å². The van der Waals surface area contributed by atoms with Crippen LogP contribution in [0.25, 0.3) is 11.1 Å². The summed E-state index contributed by atoms with van der Waals surface area (Å²) >= 11 is 0. The monoisotopic (exact) mass is 270 g/mol. The molecule has 4 heteroatoms. The van der Waals surface area contributed by atoms with E-state index in [0.29, 0.717) is 16.7 Å². The van der Waals surface area contributed by atoms with Gasteiger partial charge < -0.3 is 10.2 Å². The summed E-state index contributed by atoms with van der Waals surface area (Å²) in [4.78, 5) is 22.5. The molecule has 0 saturated heterocycles. The molecule has 2 aromatic carbocycles. The molecule has 0 saturated carbocycles. The van der Waals surface area contributed by atoms with Crippen LogP contribution in [0.1, 0.15) is 31.8 Å². The first-order chi connectivity index (χ1) is 9.40. The molecule has 0 aliphatic heterocycles. The van der Waals surface area contributed by atoms with Gasteiger partial charge in [-0.25, -0.2) is 9.59 Å². The van der Waals surface area contributed by atoms with Crippen molar-refractivity contribution in [1.82, 2.24) is 0 Å². The maximum absolute atomic E-state index is 11.3. The van der Waals surface area contributed by atoms with E-state index in [1.807, 2.05) is 13.0 Å². The minimum atomic E-state index is -1.03. The van der Waals surface area contributed by atoms with Crippen molar-refractivity contribution in [3.8, 4) is 11.1 Å². The number of hydrogen-bond acceptors (Lipinski definition) is 2. The Kier molecular flexibility index (Phi) is 3.57. The molecule has 0 aromatic heterocycles. The highest BCUT2D eigenvalue weighted by Gasteiger charge is 2.14. The second-order valence-electron chi connectivity index (χ2n) is 4.69. The predicted molar refractivity (Wildman–Crippen MR) is 75.3 cm³/mol. The molecule has 0 amide bonds. The molecule has 20 heavy (non-hydrogen) atoms. The van der Waals surface area contributed by atoms with Gasteiger partial charge in [0, 0.05) is 0 Å². The van der Waals surface area contributed by atoms with Crippen LogP contribution in [-0.2, 0) is 0 Å². The van der Waals surface area contributed by atoms with Crippen LogP contribution in [0.2, 0.25) is 0 Å². The molecule has 0 fully saturated rings. The Bertz CT molecular complexity index is 702. The molecule has 4 nitrogen and oxygen atoms in total. The summed E-state index contributed by atoms with van der Waals surface area (Å²) in [6, 6.07) is 10.0. The fourth-order valence-corrected chi connectivity index (χ4v) is 2.11. The molecule has 2 N–H and O–H groups in total. The zero-order chi connectivity index (χ0) is 14.9. The molecule has 0 atom stereocenters. The van der Waals surface area contributed by atoms with Crippen LogP contribution in [0.3, 0.4) is 0 Å². The average molecular weight is 270 g/mol. The maximum Gasteiger partial charge on any atom is 0.336 e. The van der Waals surface area contributed by atoms with Crippen molar-refractivity contribution in [3.05, 3.63) is 58.7 Å². The Morgan fingerprint density at radius 3 is 2.10 bits per heavy atom. The second-order valence-corrected chi connectivity index (χ2v) is 4.69. The summed E-state index contributed by atoms with van der Waals surface area (Å²) in [5, 5.41) is 18.4. The first kappa shape index (κ1) is 13.8. The number of benzene rings is 2. The molecule has 0 spiro atoms. The molecule has 0 heterocycles. The Balaban J connectivity index is 2.66. The van der Waals surface area contributed by atoms with E-state index in [0.717, 1.165) is 5.56 Å². The smallest absolute Gasteiger partial charge is 0.336 e. The van der Waals surface area contributed by atoms with E-state index in [-0.39, 0.29) is 11.1 Å². The van der Waals surface area contributed by atoms with E-state index < -0.39 is 11.9 Å². The van der Waals surface area contributed by atoms with Gasteiger partial charge in [0.25, 0.3) is 0 Å². The highest BCUT2D eigenvalue weighted by molar-refractivity contribution is 5.97. The number of carboxylic acids is 2. The SMILES string of the molecule is Cc1ccc(-c2ccc(C)c(C(=O)O)c2)c(C(=O)O)c1. The van der Waals surface area contributed by atoms with Gasteiger partial charge in [0.15, 0.2) is 0 Å². The standard InChI is InChI=1S/C16H14O4/c1-9-3-6-12(14(7-9)16(19)20)11-5-4-10(2)13(8-11)15(17)18/h3-8H,1-2H3,(H,17,18)(H,19,20). The molecule has 102 valence electrons. The summed E-state index contributed by atoms with van der Waals surface area (Å²) in [6.45, 7) is 3.52. The van der Waals surface area contributed by atoms with Crippen molar-refractivity contribution in [2.75, 3.05) is 0 Å². The van der Waals surface area contributed by atoms with Gasteiger partial charge in [-0.15, -0.1) is 0 Å². The normalized spacial score (nSPS) is 10.3. The number of rotatable bonds is 3. The van der Waals surface area contributed by atoms with Gasteiger partial charge in [0.2, 0.25) is 0 Å². The summed E-state index contributed by atoms with van der Waals surface area (Å²) in [7, 11) is 0. The second kappa shape index (κ2) is 5.17. The third kappa shape index (κ3) is 2.54. The van der Waals surface area contributed by atoms with E-state index in [2.05, 4.69) is 0 Å². The van der Waals surface area contributed by atoms with E-state index in [9.17, 15) is 14.7 Å². The minimum absolute atomic E-state index is 0.171. The van der Waals surface area contributed by atoms with E-state index >= 15 is 0 Å². The van der Waals surface area contributed by atoms with E-state index in [1.165, 1.54) is 6.07 Å². The Labute approximate surface area is 116 Å². The van der Waals surface area contributed by atoms with Gasteiger partial charge >= 0.3 is 11.9 Å². The Morgan fingerprint density at radius 2 is 1.50 bits per heavy atom. The van der Waals surface area contributed by atoms with E-state index in [4.69, 9.17) is 5.11 Å². The number of aromatic carboxylic acids is 2. The quantitative estimate of drug-likeness (QED) is 0.896. The van der Waals surface area contributed by atoms with Gasteiger partial charge in [0.1, 0.15) is 0 Å². The summed E-state index contributed by atoms with van der Waals surface area (Å²) < 4.78 is 0. The number of carbonyl (C=O) groups is 2. The van der Waals surface area contributed by atoms with Gasteiger partial charge in [0.05, 0.1) is 11.1 Å². The highest BCUT2D eigenvalue weighted by atomic mass is 16.4. The molecule has 0 bridgehead atoms. The molecule has 0 radical (unpaired) electrons. The van der Waals surface area contributed by atoms with Crippen LogP contribution in [0.5, 0.6) is 0 Å². The first-order valence-corrected chi connectivity index (χ1v) is 6.08. The van der Waals surface area contributed by atoms with Crippen molar-refractivity contribution in [2.45, 2.75) is 13.8 Å². The van der Waals surface area contributed by atoms with Gasteiger partial charge in [-0.3, -0.25) is 0 Å². The zero-order valence-corrected chi connectivity index (χ0v) is 11.2. The van der Waals surface area contributed by atoms with Crippen molar-refractivity contribution >= 4 is 11.9 Å². The maximum atomic E-state index is 11.3. The number of carboxylic acid groups (broad SMARTS) is 2.